The molecule has 4 N–H and O–H groups in total. The maximum atomic E-state index is 14.0. The first-order chi connectivity index (χ1) is 23.8. The first kappa shape index (κ1) is 37.2. The van der Waals surface area contributed by atoms with Crippen molar-refractivity contribution in [3.8, 4) is 0 Å². The molecule has 3 aromatic rings. The van der Waals surface area contributed by atoms with Crippen LogP contribution in [0.4, 0.5) is 0 Å². The van der Waals surface area contributed by atoms with Gasteiger partial charge in [-0.3, -0.25) is 33.8 Å². The van der Waals surface area contributed by atoms with E-state index >= 15 is 0 Å². The summed E-state index contributed by atoms with van der Waals surface area (Å²) in [6.45, 7) is 5.96. The zero-order valence-corrected chi connectivity index (χ0v) is 29.0. The van der Waals surface area contributed by atoms with Crippen LogP contribution in [0, 0.1) is 5.92 Å². The fourth-order valence-electron chi connectivity index (χ4n) is 5.58. The maximum Gasteiger partial charge on any atom is 0.255 e. The first-order valence-corrected chi connectivity index (χ1v) is 16.6. The molecule has 0 bridgehead atoms. The molecule has 5 atom stereocenters. The fourth-order valence-corrected chi connectivity index (χ4v) is 5.58. The number of nitrogens with zero attached hydrogens (tertiary/aromatic N) is 3. The van der Waals surface area contributed by atoms with E-state index in [1.807, 2.05) is 36.4 Å². The van der Waals surface area contributed by atoms with E-state index in [1.54, 1.807) is 50.2 Å². The number of pyridine rings is 1. The molecule has 0 radical (unpaired) electrons. The van der Waals surface area contributed by atoms with Crippen molar-refractivity contribution in [2.24, 2.45) is 5.92 Å². The summed E-state index contributed by atoms with van der Waals surface area (Å²) < 4.78 is 0. The van der Waals surface area contributed by atoms with Gasteiger partial charge in [-0.05, 0) is 43.0 Å². The molecular formula is C37H45N7O6. The highest BCUT2D eigenvalue weighted by Crippen LogP contribution is 2.18. The third-order valence-electron chi connectivity index (χ3n) is 8.67. The largest absolute Gasteiger partial charge is 0.346 e. The van der Waals surface area contributed by atoms with Crippen LogP contribution in [0.2, 0.25) is 0 Å². The number of rotatable bonds is 5. The van der Waals surface area contributed by atoms with Crippen molar-refractivity contribution < 1.29 is 28.8 Å². The van der Waals surface area contributed by atoms with Crippen molar-refractivity contribution in [1.29, 1.82) is 0 Å². The molecule has 13 nitrogen and oxygen atoms in total. The van der Waals surface area contributed by atoms with E-state index in [0.29, 0.717) is 5.56 Å². The van der Waals surface area contributed by atoms with Gasteiger partial charge in [0.1, 0.15) is 24.2 Å². The van der Waals surface area contributed by atoms with Crippen molar-refractivity contribution in [3.63, 3.8) is 0 Å². The van der Waals surface area contributed by atoms with E-state index in [9.17, 15) is 28.8 Å². The Balaban J connectivity index is 1.77. The van der Waals surface area contributed by atoms with E-state index in [-0.39, 0.29) is 24.4 Å². The number of carbonyl (C=O) groups excluding carboxylic acids is 6. The average Bonchev–Trinajstić information content (AvgIpc) is 3.12. The highest BCUT2D eigenvalue weighted by Gasteiger charge is 2.35. The van der Waals surface area contributed by atoms with Crippen LogP contribution in [0.25, 0.3) is 0 Å². The highest BCUT2D eigenvalue weighted by atomic mass is 16.2. The number of likely N-dealkylation sites (N-methyl/N-ethyl adjacent to an activating group) is 1. The highest BCUT2D eigenvalue weighted by molar-refractivity contribution is 5.98. The van der Waals surface area contributed by atoms with E-state index in [2.05, 4.69) is 26.3 Å². The number of benzene rings is 2. The number of hydrogen-bond acceptors (Lipinski definition) is 7. The minimum atomic E-state index is -1.10. The van der Waals surface area contributed by atoms with Gasteiger partial charge >= 0.3 is 0 Å². The average molecular weight is 684 g/mol. The second-order valence-corrected chi connectivity index (χ2v) is 12.8. The minimum absolute atomic E-state index is 0.109. The lowest BCUT2D eigenvalue weighted by molar-refractivity contribution is -0.142. The fraction of sp³-hybridized carbons (Fsp3) is 0.378. The van der Waals surface area contributed by atoms with Crippen LogP contribution in [0.5, 0.6) is 0 Å². The van der Waals surface area contributed by atoms with Crippen LogP contribution in [0.15, 0.2) is 85.2 Å². The Morgan fingerprint density at radius 3 is 2.10 bits per heavy atom. The SMILES string of the molecule is CC(C)[C@H]1NC(=O)[C@H](C)N(C)C(=O)[C@H](Cc2ccccc2)NC(=O)CN(C(=O)c2cccnc2)C[C@@H](c2ccccc2)NC(=O)[C@H](C)NC1=O. The van der Waals surface area contributed by atoms with Gasteiger partial charge in [0.05, 0.1) is 18.2 Å². The normalized spacial score (nSPS) is 23.2. The van der Waals surface area contributed by atoms with Gasteiger partial charge in [-0.1, -0.05) is 74.5 Å². The lowest BCUT2D eigenvalue weighted by Crippen LogP contribution is -2.59. The van der Waals surface area contributed by atoms with Gasteiger partial charge in [0.2, 0.25) is 29.5 Å². The van der Waals surface area contributed by atoms with Crippen LogP contribution in [-0.2, 0) is 30.4 Å². The predicted molar refractivity (Wildman–Crippen MR) is 186 cm³/mol. The van der Waals surface area contributed by atoms with Gasteiger partial charge in [-0.25, -0.2) is 0 Å². The molecule has 1 saturated heterocycles. The Hall–Kier alpha value is -5.59. The molecule has 4 rings (SSSR count). The second kappa shape index (κ2) is 17.2. The number of amides is 6. The zero-order valence-electron chi connectivity index (χ0n) is 29.0. The molecule has 1 aromatic heterocycles. The number of carbonyl (C=O) groups is 6. The Morgan fingerprint density at radius 2 is 1.48 bits per heavy atom. The molecule has 0 unspecified atom stereocenters. The molecule has 0 aliphatic carbocycles. The molecule has 2 aromatic carbocycles. The number of nitrogens with one attached hydrogen (secondary N) is 4. The van der Waals surface area contributed by atoms with Gasteiger partial charge in [0, 0.05) is 32.4 Å². The molecule has 2 heterocycles. The van der Waals surface area contributed by atoms with Gasteiger partial charge in [-0.2, -0.15) is 0 Å². The number of aromatic nitrogens is 1. The molecule has 13 heteroatoms. The monoisotopic (exact) mass is 683 g/mol. The van der Waals surface area contributed by atoms with Crippen molar-refractivity contribution in [3.05, 3.63) is 102 Å². The molecule has 0 saturated carbocycles. The summed E-state index contributed by atoms with van der Waals surface area (Å²) in [5.74, 6) is -3.74. The third kappa shape index (κ3) is 9.74. The van der Waals surface area contributed by atoms with E-state index in [4.69, 9.17) is 0 Å². The zero-order chi connectivity index (χ0) is 36.4. The summed E-state index contributed by atoms with van der Waals surface area (Å²) in [5.41, 5.74) is 1.63. The van der Waals surface area contributed by atoms with Crippen molar-refractivity contribution in [2.75, 3.05) is 20.1 Å². The Morgan fingerprint density at radius 1 is 0.820 bits per heavy atom. The van der Waals surface area contributed by atoms with E-state index in [0.717, 1.165) is 5.56 Å². The van der Waals surface area contributed by atoms with Gasteiger partial charge in [0.15, 0.2) is 0 Å². The summed E-state index contributed by atoms with van der Waals surface area (Å²) in [5, 5.41) is 11.2. The second-order valence-electron chi connectivity index (χ2n) is 12.8. The topological polar surface area (TPSA) is 170 Å². The molecule has 264 valence electrons. The number of hydrogen-bond donors (Lipinski definition) is 4. The first-order valence-electron chi connectivity index (χ1n) is 16.6. The Kier molecular flexibility index (Phi) is 12.8. The minimum Gasteiger partial charge on any atom is -0.346 e. The molecule has 1 aliphatic heterocycles. The molecule has 1 aliphatic rings. The smallest absolute Gasteiger partial charge is 0.255 e. The summed E-state index contributed by atoms with van der Waals surface area (Å²) in [6.07, 6.45) is 3.01. The van der Waals surface area contributed by atoms with Crippen LogP contribution >= 0.6 is 0 Å². The van der Waals surface area contributed by atoms with Crippen LogP contribution in [0.3, 0.4) is 0 Å². The molecule has 0 spiro atoms. The lowest BCUT2D eigenvalue weighted by atomic mass is 10.0. The lowest BCUT2D eigenvalue weighted by Gasteiger charge is -2.33. The molecule has 6 amide bonds. The summed E-state index contributed by atoms with van der Waals surface area (Å²) in [7, 11) is 1.45. The van der Waals surface area contributed by atoms with Gasteiger partial charge in [-0.15, -0.1) is 0 Å². The standard InChI is InChI=1S/C37H45N7O6/c1-23(2)32-35(48)39-24(3)33(46)41-30(27-15-10-7-11-16-27)21-44(36(49)28-17-12-18-38-20-28)22-31(45)40-29(19-26-13-8-6-9-14-26)37(50)43(5)25(4)34(47)42-32/h6-18,20,23-25,29-30,32H,19,21-22H2,1-5H3,(H,39,48)(H,40,45)(H,41,46)(H,42,47)/t24-,25-,29-,30-,32+/m0/s1. The van der Waals surface area contributed by atoms with E-state index in [1.165, 1.54) is 43.1 Å². The molecular weight excluding hydrogens is 638 g/mol. The summed E-state index contributed by atoms with van der Waals surface area (Å²) in [6, 6.07) is 16.2. The van der Waals surface area contributed by atoms with Crippen molar-refractivity contribution >= 4 is 35.4 Å². The predicted octanol–water partition coefficient (Wildman–Crippen LogP) is 1.61. The van der Waals surface area contributed by atoms with Crippen LogP contribution < -0.4 is 21.3 Å². The van der Waals surface area contributed by atoms with Gasteiger partial charge < -0.3 is 31.1 Å². The maximum absolute atomic E-state index is 14.0. The van der Waals surface area contributed by atoms with Crippen LogP contribution in [0.1, 0.15) is 55.2 Å². The molecule has 50 heavy (non-hydrogen) atoms. The Labute approximate surface area is 292 Å². The quantitative estimate of drug-likeness (QED) is 0.317. The Bertz CT molecular complexity index is 1650. The molecule has 1 fully saturated rings. The summed E-state index contributed by atoms with van der Waals surface area (Å²) in [4.78, 5) is 88.8. The third-order valence-corrected chi connectivity index (χ3v) is 8.67. The van der Waals surface area contributed by atoms with Crippen molar-refractivity contribution in [1.82, 2.24) is 36.1 Å². The summed E-state index contributed by atoms with van der Waals surface area (Å²) >= 11 is 0. The van der Waals surface area contributed by atoms with Crippen LogP contribution in [-0.4, -0.2) is 94.5 Å². The van der Waals surface area contributed by atoms with Crippen molar-refractivity contribution in [2.45, 2.75) is 64.3 Å². The van der Waals surface area contributed by atoms with Gasteiger partial charge in [0.25, 0.3) is 5.91 Å². The van der Waals surface area contributed by atoms with E-state index < -0.39 is 72.2 Å².